The van der Waals surface area contributed by atoms with Gasteiger partial charge < -0.3 is 14.9 Å². The number of imidazole rings is 1. The first-order valence-corrected chi connectivity index (χ1v) is 7.58. The molecule has 0 fully saturated rings. The van der Waals surface area contributed by atoms with Crippen LogP contribution in [-0.2, 0) is 19.6 Å². The number of hydrogen-bond acceptors (Lipinski definition) is 2. The average Bonchev–Trinajstić information content (AvgIpc) is 3.06. The lowest BCUT2D eigenvalue weighted by Crippen LogP contribution is -2.16. The van der Waals surface area contributed by atoms with Crippen molar-refractivity contribution in [2.24, 2.45) is 0 Å². The molecule has 0 aliphatic carbocycles. The second-order valence-electron chi connectivity index (χ2n) is 5.60. The third kappa shape index (κ3) is 2.64. The SMILES string of the molecule is CCn1ccnc1CNCc1cc(F)cc2c(C)c(C)[nH]c12. The highest BCUT2D eigenvalue weighted by atomic mass is 19.1. The molecule has 2 heterocycles. The number of rotatable bonds is 5. The minimum atomic E-state index is -0.193. The molecule has 0 amide bonds. The molecule has 0 unspecified atom stereocenters. The van der Waals surface area contributed by atoms with Crippen molar-refractivity contribution in [3.63, 3.8) is 0 Å². The maximum atomic E-state index is 13.8. The van der Waals surface area contributed by atoms with E-state index < -0.39 is 0 Å². The van der Waals surface area contributed by atoms with Crippen LogP contribution in [-0.4, -0.2) is 14.5 Å². The molecule has 2 N–H and O–H groups in total. The Morgan fingerprint density at radius 1 is 1.27 bits per heavy atom. The van der Waals surface area contributed by atoms with Crippen molar-refractivity contribution in [1.82, 2.24) is 19.9 Å². The van der Waals surface area contributed by atoms with E-state index in [0.29, 0.717) is 13.1 Å². The molecular formula is C17H21FN4. The molecule has 4 nitrogen and oxygen atoms in total. The van der Waals surface area contributed by atoms with Crippen molar-refractivity contribution in [2.75, 3.05) is 0 Å². The smallest absolute Gasteiger partial charge is 0.124 e. The molecule has 0 atom stereocenters. The first kappa shape index (κ1) is 14.8. The minimum absolute atomic E-state index is 0.193. The third-order valence-corrected chi connectivity index (χ3v) is 4.20. The van der Waals surface area contributed by atoms with Crippen LogP contribution in [0.15, 0.2) is 24.5 Å². The van der Waals surface area contributed by atoms with E-state index in [9.17, 15) is 4.39 Å². The van der Waals surface area contributed by atoms with Crippen LogP contribution < -0.4 is 5.32 Å². The molecule has 1 aromatic carbocycles. The molecule has 0 bridgehead atoms. The Morgan fingerprint density at radius 3 is 2.86 bits per heavy atom. The second-order valence-corrected chi connectivity index (χ2v) is 5.60. The minimum Gasteiger partial charge on any atom is -0.358 e. The van der Waals surface area contributed by atoms with Crippen LogP contribution in [0.4, 0.5) is 4.39 Å². The number of aryl methyl sites for hydroxylation is 3. The fourth-order valence-electron chi connectivity index (χ4n) is 2.83. The zero-order chi connectivity index (χ0) is 15.7. The van der Waals surface area contributed by atoms with Crippen LogP contribution in [0.25, 0.3) is 10.9 Å². The van der Waals surface area contributed by atoms with E-state index in [2.05, 4.69) is 26.8 Å². The number of H-pyrrole nitrogens is 1. The second kappa shape index (κ2) is 5.93. The molecule has 3 rings (SSSR count). The monoisotopic (exact) mass is 300 g/mol. The molecule has 3 aromatic rings. The fourth-order valence-corrected chi connectivity index (χ4v) is 2.83. The van der Waals surface area contributed by atoms with Crippen molar-refractivity contribution in [3.8, 4) is 0 Å². The van der Waals surface area contributed by atoms with E-state index in [0.717, 1.165) is 40.1 Å². The summed E-state index contributed by atoms with van der Waals surface area (Å²) in [5.41, 5.74) is 4.16. The number of aromatic nitrogens is 3. The molecular weight excluding hydrogens is 279 g/mol. The van der Waals surface area contributed by atoms with Crippen LogP contribution in [0.1, 0.15) is 29.6 Å². The van der Waals surface area contributed by atoms with Gasteiger partial charge in [0, 0.05) is 36.6 Å². The Hall–Kier alpha value is -2.14. The van der Waals surface area contributed by atoms with Crippen LogP contribution >= 0.6 is 0 Å². The molecule has 116 valence electrons. The molecule has 0 aliphatic heterocycles. The van der Waals surface area contributed by atoms with Gasteiger partial charge in [-0.2, -0.15) is 0 Å². The predicted molar refractivity (Wildman–Crippen MR) is 86.2 cm³/mol. The Bertz CT molecular complexity index is 800. The lowest BCUT2D eigenvalue weighted by molar-refractivity contribution is 0.605. The molecule has 22 heavy (non-hydrogen) atoms. The standard InChI is InChI=1S/C17H21FN4/c1-4-22-6-5-20-16(22)10-19-9-13-7-14(18)8-15-11(2)12(3)21-17(13)15/h5-8,19,21H,4,9-10H2,1-3H3. The van der Waals surface area contributed by atoms with Gasteiger partial charge in [-0.1, -0.05) is 0 Å². The summed E-state index contributed by atoms with van der Waals surface area (Å²) in [7, 11) is 0. The maximum Gasteiger partial charge on any atom is 0.124 e. The summed E-state index contributed by atoms with van der Waals surface area (Å²) in [6, 6.07) is 3.19. The highest BCUT2D eigenvalue weighted by Crippen LogP contribution is 2.25. The van der Waals surface area contributed by atoms with Gasteiger partial charge in [0.15, 0.2) is 0 Å². The van der Waals surface area contributed by atoms with Gasteiger partial charge in [-0.25, -0.2) is 9.37 Å². The Morgan fingerprint density at radius 2 is 2.09 bits per heavy atom. The molecule has 0 radical (unpaired) electrons. The van der Waals surface area contributed by atoms with Crippen LogP contribution in [0.3, 0.4) is 0 Å². The van der Waals surface area contributed by atoms with Gasteiger partial charge in [-0.3, -0.25) is 0 Å². The fraction of sp³-hybridized carbons (Fsp3) is 0.353. The summed E-state index contributed by atoms with van der Waals surface area (Å²) in [5, 5.41) is 4.32. The van der Waals surface area contributed by atoms with Crippen LogP contribution in [0.2, 0.25) is 0 Å². The largest absolute Gasteiger partial charge is 0.358 e. The van der Waals surface area contributed by atoms with E-state index in [1.165, 1.54) is 0 Å². The Balaban J connectivity index is 1.80. The normalized spacial score (nSPS) is 11.5. The summed E-state index contributed by atoms with van der Waals surface area (Å²) in [4.78, 5) is 7.70. The summed E-state index contributed by atoms with van der Waals surface area (Å²) in [6.07, 6.45) is 3.77. The van der Waals surface area contributed by atoms with Gasteiger partial charge in [0.05, 0.1) is 12.1 Å². The van der Waals surface area contributed by atoms with E-state index >= 15 is 0 Å². The van der Waals surface area contributed by atoms with Crippen LogP contribution in [0, 0.1) is 19.7 Å². The third-order valence-electron chi connectivity index (χ3n) is 4.20. The number of aromatic amines is 1. The van der Waals surface area contributed by atoms with Gasteiger partial charge in [-0.05, 0) is 44.0 Å². The maximum absolute atomic E-state index is 13.8. The number of benzene rings is 1. The molecule has 0 saturated heterocycles. The lowest BCUT2D eigenvalue weighted by atomic mass is 10.1. The molecule has 0 spiro atoms. The topological polar surface area (TPSA) is 45.6 Å². The predicted octanol–water partition coefficient (Wildman–Crippen LogP) is 3.43. The first-order chi connectivity index (χ1) is 10.6. The van der Waals surface area contributed by atoms with E-state index in [4.69, 9.17) is 0 Å². The van der Waals surface area contributed by atoms with E-state index in [-0.39, 0.29) is 5.82 Å². The molecule has 5 heteroatoms. The summed E-state index contributed by atoms with van der Waals surface area (Å²) >= 11 is 0. The molecule has 2 aromatic heterocycles. The zero-order valence-electron chi connectivity index (χ0n) is 13.2. The van der Waals surface area contributed by atoms with E-state index in [1.54, 1.807) is 18.3 Å². The van der Waals surface area contributed by atoms with E-state index in [1.807, 2.05) is 20.0 Å². The van der Waals surface area contributed by atoms with Gasteiger partial charge in [-0.15, -0.1) is 0 Å². The Kier molecular flexibility index (Phi) is 3.98. The lowest BCUT2D eigenvalue weighted by Gasteiger charge is -2.08. The average molecular weight is 300 g/mol. The summed E-state index contributed by atoms with van der Waals surface area (Å²) in [6.45, 7) is 8.29. The number of fused-ring (bicyclic) bond motifs is 1. The highest BCUT2D eigenvalue weighted by Gasteiger charge is 2.11. The van der Waals surface area contributed by atoms with Crippen molar-refractivity contribution in [2.45, 2.75) is 40.4 Å². The molecule has 0 aliphatic rings. The van der Waals surface area contributed by atoms with Crippen molar-refractivity contribution < 1.29 is 4.39 Å². The number of halogens is 1. The summed E-state index contributed by atoms with van der Waals surface area (Å²) in [5.74, 6) is 0.801. The van der Waals surface area contributed by atoms with Crippen molar-refractivity contribution in [3.05, 3.63) is 53.0 Å². The number of nitrogens with one attached hydrogen (secondary N) is 2. The van der Waals surface area contributed by atoms with Gasteiger partial charge >= 0.3 is 0 Å². The van der Waals surface area contributed by atoms with Gasteiger partial charge in [0.25, 0.3) is 0 Å². The van der Waals surface area contributed by atoms with Gasteiger partial charge in [0.2, 0.25) is 0 Å². The van der Waals surface area contributed by atoms with Gasteiger partial charge in [0.1, 0.15) is 11.6 Å². The van der Waals surface area contributed by atoms with Crippen molar-refractivity contribution >= 4 is 10.9 Å². The van der Waals surface area contributed by atoms with Crippen molar-refractivity contribution in [1.29, 1.82) is 0 Å². The quantitative estimate of drug-likeness (QED) is 0.758. The zero-order valence-corrected chi connectivity index (χ0v) is 13.2. The highest BCUT2D eigenvalue weighted by molar-refractivity contribution is 5.87. The number of hydrogen-bond donors (Lipinski definition) is 2. The summed E-state index contributed by atoms with van der Waals surface area (Å²) < 4.78 is 15.9. The first-order valence-electron chi connectivity index (χ1n) is 7.58. The molecule has 0 saturated carbocycles. The number of nitrogens with zero attached hydrogens (tertiary/aromatic N) is 2. The van der Waals surface area contributed by atoms with Crippen LogP contribution in [0.5, 0.6) is 0 Å². The Labute approximate surface area is 129 Å².